The highest BCUT2D eigenvalue weighted by atomic mass is 16.8. The number of ether oxygens (including phenoxy) is 8. The molecule has 8 fully saturated rings. The van der Waals surface area contributed by atoms with Gasteiger partial charge in [-0.2, -0.15) is 0 Å². The zero-order valence-electron chi connectivity index (χ0n) is 44.8. The van der Waals surface area contributed by atoms with Gasteiger partial charge in [-0.25, -0.2) is 0 Å². The van der Waals surface area contributed by atoms with E-state index in [-0.39, 0.29) is 52.6 Å². The molecule has 0 aromatic heterocycles. The number of aliphatic hydroxyl groups excluding tert-OH is 12. The standard InChI is InChI=1S/C54H88O21/c1-24-34(59)29(20-55)70-44(35(24)60)73-42-30(21-56)71-46(41(66)39(42)64)75-48(67)54-17-15-49(3,4)19-27(54)26-9-10-32-50(5)13-12-33(51(6,23-57)31(50)11-14-53(32,8)52(26,7)16-18-54)72-47-43(37(62)28(58)22-68-47)74-45-40(65)38(63)36(61)25(2)69-45/h9,24-25,27-47,55-66H,10-23H2,1-8H3/t24-,25+,27+,28+,29+,30-,31+,32-,33-,34-,35+,36+,37+,38-,39+,40-,41+,42-,43-,44+,45-,46-,47+,50-,51-,52+,53+,54-/m0/s1. The molecule has 430 valence electrons. The van der Waals surface area contributed by atoms with Crippen LogP contribution in [0, 0.1) is 56.2 Å². The first kappa shape index (κ1) is 58.1. The molecular weight excluding hydrogens is 985 g/mol. The SMILES string of the molecule is C[C@@H]1[C@@H](O)[C@@H](O[C@@H]2[C@H](O)[C@@H](O)[C@H](OC(=O)[C@]34CCC(C)(C)C[C@@H]3C3=CC[C@H]5[C@@]6(C)CC[C@H](O[C@H]7OC[C@@H](O)[C@@H](O)[C@@H]7O[C@@H]7O[C@H](C)[C@@H](O)[C@H](O)[C@@H]7O)[C@@](C)(CO)[C@@H]6CC[C@@]5(C)[C@]3(C)CC4)O[C@H]2CO)O[C@H](CO)[C@H]1O. The van der Waals surface area contributed by atoms with Crippen molar-refractivity contribution in [3.8, 4) is 0 Å². The topological polar surface area (TPSA) is 334 Å². The van der Waals surface area contributed by atoms with Gasteiger partial charge < -0.3 is 99.2 Å². The van der Waals surface area contributed by atoms with Gasteiger partial charge in [0.2, 0.25) is 6.29 Å². The number of hydrogen-bond donors (Lipinski definition) is 12. The summed E-state index contributed by atoms with van der Waals surface area (Å²) in [6.45, 7) is 14.8. The number of hydrogen-bond acceptors (Lipinski definition) is 21. The Hall–Kier alpha value is -1.55. The van der Waals surface area contributed by atoms with E-state index in [4.69, 9.17) is 37.9 Å². The van der Waals surface area contributed by atoms with Crippen LogP contribution in [0.4, 0.5) is 0 Å². The van der Waals surface area contributed by atoms with Crippen LogP contribution in [0.3, 0.4) is 0 Å². The van der Waals surface area contributed by atoms with Crippen molar-refractivity contribution < 1.29 is 104 Å². The third kappa shape index (κ3) is 9.41. The Morgan fingerprint density at radius 2 is 1.27 bits per heavy atom. The maximum atomic E-state index is 15.1. The van der Waals surface area contributed by atoms with Crippen LogP contribution in [0.2, 0.25) is 0 Å². The fourth-order valence-electron chi connectivity index (χ4n) is 16.4. The minimum Gasteiger partial charge on any atom is -0.432 e. The summed E-state index contributed by atoms with van der Waals surface area (Å²) in [6.07, 6.45) is -17.3. The smallest absolute Gasteiger partial charge is 0.315 e. The lowest BCUT2D eigenvalue weighted by molar-refractivity contribution is -0.365. The van der Waals surface area contributed by atoms with E-state index in [9.17, 15) is 61.3 Å². The number of carbonyl (C=O) groups is 1. The molecular formula is C54H88O21. The van der Waals surface area contributed by atoms with E-state index in [1.807, 2.05) is 6.92 Å². The normalized spacial score (nSPS) is 54.8. The van der Waals surface area contributed by atoms with Crippen molar-refractivity contribution >= 4 is 5.97 Å². The van der Waals surface area contributed by atoms with Crippen LogP contribution in [0.15, 0.2) is 11.6 Å². The molecule has 5 aliphatic carbocycles. The number of rotatable bonds is 11. The number of esters is 1. The summed E-state index contributed by atoms with van der Waals surface area (Å²) in [4.78, 5) is 15.1. The van der Waals surface area contributed by atoms with Crippen molar-refractivity contribution in [3.63, 3.8) is 0 Å². The molecule has 0 bridgehead atoms. The molecule has 4 saturated heterocycles. The third-order valence-corrected chi connectivity index (χ3v) is 21.5. The molecule has 4 heterocycles. The third-order valence-electron chi connectivity index (χ3n) is 21.5. The van der Waals surface area contributed by atoms with Crippen molar-refractivity contribution in [2.75, 3.05) is 26.4 Å². The van der Waals surface area contributed by atoms with Crippen molar-refractivity contribution in [1.82, 2.24) is 0 Å². The zero-order chi connectivity index (χ0) is 54.7. The van der Waals surface area contributed by atoms with E-state index < -0.39 is 153 Å². The number of allylic oxidation sites excluding steroid dienone is 2. The van der Waals surface area contributed by atoms with Crippen LogP contribution >= 0.6 is 0 Å². The molecule has 21 nitrogen and oxygen atoms in total. The van der Waals surface area contributed by atoms with Gasteiger partial charge in [-0.3, -0.25) is 4.79 Å². The molecule has 0 aromatic rings. The van der Waals surface area contributed by atoms with Crippen molar-refractivity contribution in [1.29, 1.82) is 0 Å². The van der Waals surface area contributed by atoms with Crippen molar-refractivity contribution in [2.45, 2.75) is 236 Å². The number of fused-ring (bicyclic) bond motifs is 7. The van der Waals surface area contributed by atoms with Crippen LogP contribution in [-0.2, 0) is 42.7 Å². The zero-order valence-corrected chi connectivity index (χ0v) is 44.8. The fourth-order valence-corrected chi connectivity index (χ4v) is 16.4. The van der Waals surface area contributed by atoms with Crippen LogP contribution in [0.1, 0.15) is 120 Å². The summed E-state index contributed by atoms with van der Waals surface area (Å²) in [5, 5.41) is 130. The summed E-state index contributed by atoms with van der Waals surface area (Å²) in [7, 11) is 0. The van der Waals surface area contributed by atoms with Crippen molar-refractivity contribution in [2.24, 2.45) is 56.2 Å². The fraction of sp³-hybridized carbons (Fsp3) is 0.944. The van der Waals surface area contributed by atoms with E-state index in [1.54, 1.807) is 6.92 Å². The van der Waals surface area contributed by atoms with Gasteiger partial charge in [-0.15, -0.1) is 0 Å². The van der Waals surface area contributed by atoms with Gasteiger partial charge in [0.1, 0.15) is 73.2 Å². The highest BCUT2D eigenvalue weighted by molar-refractivity contribution is 5.79. The maximum Gasteiger partial charge on any atom is 0.315 e. The van der Waals surface area contributed by atoms with Gasteiger partial charge in [0.15, 0.2) is 18.9 Å². The summed E-state index contributed by atoms with van der Waals surface area (Å²) in [5.74, 6) is -1.44. The molecule has 28 atom stereocenters. The Labute approximate surface area is 439 Å². The Morgan fingerprint density at radius 3 is 1.95 bits per heavy atom. The largest absolute Gasteiger partial charge is 0.432 e. The first-order valence-electron chi connectivity index (χ1n) is 27.6. The van der Waals surface area contributed by atoms with E-state index in [0.717, 1.165) is 32.1 Å². The molecule has 12 N–H and O–H groups in total. The lowest BCUT2D eigenvalue weighted by atomic mass is 9.33. The van der Waals surface area contributed by atoms with Gasteiger partial charge in [0.05, 0.1) is 50.2 Å². The molecule has 0 amide bonds. The lowest BCUT2D eigenvalue weighted by Crippen LogP contribution is -2.67. The molecule has 9 rings (SSSR count). The second-order valence-corrected chi connectivity index (χ2v) is 26.0. The van der Waals surface area contributed by atoms with E-state index in [2.05, 4.69) is 40.7 Å². The molecule has 21 heteroatoms. The first-order valence-corrected chi connectivity index (χ1v) is 27.6. The van der Waals surface area contributed by atoms with Crippen LogP contribution < -0.4 is 0 Å². The Kier molecular flexibility index (Phi) is 16.3. The monoisotopic (exact) mass is 1070 g/mol. The molecule has 0 radical (unpaired) electrons. The molecule has 4 aliphatic heterocycles. The molecule has 75 heavy (non-hydrogen) atoms. The Morgan fingerprint density at radius 1 is 0.627 bits per heavy atom. The maximum absolute atomic E-state index is 15.1. The van der Waals surface area contributed by atoms with Crippen LogP contribution in [-0.4, -0.2) is 210 Å². The van der Waals surface area contributed by atoms with Gasteiger partial charge in [0, 0.05) is 11.3 Å². The number of carbonyl (C=O) groups excluding carboxylic acids is 1. The predicted molar refractivity (Wildman–Crippen MR) is 260 cm³/mol. The highest BCUT2D eigenvalue weighted by Crippen LogP contribution is 2.76. The molecule has 9 aliphatic rings. The average Bonchev–Trinajstić information content (AvgIpc) is 3.45. The Bertz CT molecular complexity index is 2060. The van der Waals surface area contributed by atoms with Crippen LogP contribution in [0.25, 0.3) is 0 Å². The van der Waals surface area contributed by atoms with Gasteiger partial charge >= 0.3 is 5.97 Å². The summed E-state index contributed by atoms with van der Waals surface area (Å²) >= 11 is 0. The summed E-state index contributed by atoms with van der Waals surface area (Å²) < 4.78 is 48.2. The van der Waals surface area contributed by atoms with E-state index >= 15 is 4.79 Å². The highest BCUT2D eigenvalue weighted by Gasteiger charge is 2.71. The average molecular weight is 1070 g/mol. The van der Waals surface area contributed by atoms with E-state index in [1.165, 1.54) is 12.5 Å². The van der Waals surface area contributed by atoms with Crippen LogP contribution in [0.5, 0.6) is 0 Å². The van der Waals surface area contributed by atoms with E-state index in [0.29, 0.717) is 32.1 Å². The molecule has 0 aromatic carbocycles. The molecule has 4 saturated carbocycles. The molecule has 0 spiro atoms. The predicted octanol–water partition coefficient (Wildman–Crippen LogP) is -0.121. The minimum atomic E-state index is -1.82. The second-order valence-electron chi connectivity index (χ2n) is 26.0. The summed E-state index contributed by atoms with van der Waals surface area (Å²) in [5.41, 5.74) is -1.58. The number of aliphatic hydroxyl groups is 12. The summed E-state index contributed by atoms with van der Waals surface area (Å²) in [6, 6.07) is 0. The van der Waals surface area contributed by atoms with Crippen molar-refractivity contribution in [3.05, 3.63) is 11.6 Å². The van der Waals surface area contributed by atoms with Gasteiger partial charge in [-0.05, 0) is 111 Å². The lowest BCUT2D eigenvalue weighted by Gasteiger charge is -2.71. The van der Waals surface area contributed by atoms with Gasteiger partial charge in [-0.1, -0.05) is 60.1 Å². The quantitative estimate of drug-likeness (QED) is 0.0729. The minimum absolute atomic E-state index is 0.0321. The van der Waals surface area contributed by atoms with Gasteiger partial charge in [0.25, 0.3) is 0 Å². The first-order chi connectivity index (χ1) is 35.2. The Balaban J connectivity index is 0.934. The second kappa shape index (κ2) is 21.1. The molecule has 0 unspecified atom stereocenters.